The van der Waals surface area contributed by atoms with Crippen molar-refractivity contribution in [2.75, 3.05) is 13.1 Å². The Morgan fingerprint density at radius 3 is 2.29 bits per heavy atom. The summed E-state index contributed by atoms with van der Waals surface area (Å²) >= 11 is 0. The molecule has 0 radical (unpaired) electrons. The van der Waals surface area contributed by atoms with Crippen LogP contribution in [0.4, 0.5) is 0 Å². The molecule has 0 aliphatic carbocycles. The maximum absolute atomic E-state index is 12.3. The lowest BCUT2D eigenvalue weighted by molar-refractivity contribution is -0.123. The number of benzene rings is 2. The lowest BCUT2D eigenvalue weighted by atomic mass is 9.88. The number of carbonyl (C=O) groups excluding carboxylic acids is 1. The highest BCUT2D eigenvalue weighted by Gasteiger charge is 2.29. The van der Waals surface area contributed by atoms with E-state index in [0.717, 1.165) is 25.4 Å². The van der Waals surface area contributed by atoms with Gasteiger partial charge in [0.15, 0.2) is 5.78 Å². The van der Waals surface area contributed by atoms with Gasteiger partial charge in [0.05, 0.1) is 6.04 Å². The highest BCUT2D eigenvalue weighted by Crippen LogP contribution is 2.30. The molecule has 0 bridgehead atoms. The first-order valence-corrected chi connectivity index (χ1v) is 8.99. The minimum atomic E-state index is -0.0797. The Kier molecular flexibility index (Phi) is 5.47. The zero-order valence-electron chi connectivity index (χ0n) is 14.7. The number of carbonyl (C=O) groups is 1. The fourth-order valence-electron chi connectivity index (χ4n) is 3.93. The number of ketones is 1. The Balaban J connectivity index is 1.66. The maximum Gasteiger partial charge on any atom is 0.151 e. The summed E-state index contributed by atoms with van der Waals surface area (Å²) in [5.74, 6) is 0.985. The molecule has 1 heterocycles. The molecule has 1 atom stereocenters. The first-order chi connectivity index (χ1) is 11.6. The molecule has 2 heteroatoms. The van der Waals surface area contributed by atoms with E-state index < -0.39 is 0 Å². The molecule has 1 fully saturated rings. The van der Waals surface area contributed by atoms with Gasteiger partial charge in [-0.25, -0.2) is 0 Å². The van der Waals surface area contributed by atoms with Crippen molar-refractivity contribution in [2.45, 2.75) is 39.2 Å². The van der Waals surface area contributed by atoms with Crippen LogP contribution in [0.25, 0.3) is 0 Å². The molecular formula is C22H27NO. The third kappa shape index (κ3) is 3.93. The summed E-state index contributed by atoms with van der Waals surface area (Å²) in [4.78, 5) is 14.7. The molecule has 0 spiro atoms. The Hall–Kier alpha value is -1.93. The number of piperidine rings is 1. The fraction of sp³-hybridized carbons (Fsp3) is 0.409. The minimum Gasteiger partial charge on any atom is -0.298 e. The van der Waals surface area contributed by atoms with Crippen LogP contribution in [0.15, 0.2) is 54.6 Å². The van der Waals surface area contributed by atoms with Gasteiger partial charge < -0.3 is 0 Å². The van der Waals surface area contributed by atoms with Crippen LogP contribution >= 0.6 is 0 Å². The smallest absolute Gasteiger partial charge is 0.151 e. The van der Waals surface area contributed by atoms with E-state index in [4.69, 9.17) is 0 Å². The molecule has 1 saturated heterocycles. The zero-order valence-corrected chi connectivity index (χ0v) is 14.7. The minimum absolute atomic E-state index is 0.0797. The average molecular weight is 321 g/mol. The molecule has 2 aromatic carbocycles. The summed E-state index contributed by atoms with van der Waals surface area (Å²) in [5, 5.41) is 0. The molecule has 0 saturated carbocycles. The number of nitrogens with zero attached hydrogens (tertiary/aromatic N) is 1. The van der Waals surface area contributed by atoms with Gasteiger partial charge in [0.25, 0.3) is 0 Å². The highest BCUT2D eigenvalue weighted by molar-refractivity contribution is 5.83. The number of hydrogen-bond acceptors (Lipinski definition) is 2. The van der Waals surface area contributed by atoms with Gasteiger partial charge >= 0.3 is 0 Å². The van der Waals surface area contributed by atoms with Crippen LogP contribution in [0.5, 0.6) is 0 Å². The summed E-state index contributed by atoms with van der Waals surface area (Å²) in [6, 6.07) is 19.0. The first kappa shape index (κ1) is 16.9. The maximum atomic E-state index is 12.3. The Bertz CT molecular complexity index is 671. The Morgan fingerprint density at radius 2 is 1.67 bits per heavy atom. The van der Waals surface area contributed by atoms with E-state index in [1.807, 2.05) is 12.1 Å². The molecule has 0 N–H and O–H groups in total. The summed E-state index contributed by atoms with van der Waals surface area (Å²) < 4.78 is 0. The van der Waals surface area contributed by atoms with Gasteiger partial charge in [0, 0.05) is 0 Å². The van der Waals surface area contributed by atoms with Crippen molar-refractivity contribution in [2.24, 2.45) is 5.92 Å². The van der Waals surface area contributed by atoms with Crippen molar-refractivity contribution >= 4 is 5.78 Å². The van der Waals surface area contributed by atoms with E-state index in [1.165, 1.54) is 29.5 Å². The lowest BCUT2D eigenvalue weighted by Gasteiger charge is -2.37. The van der Waals surface area contributed by atoms with E-state index in [-0.39, 0.29) is 11.8 Å². The monoisotopic (exact) mass is 321 g/mol. The second-order valence-electron chi connectivity index (χ2n) is 7.04. The molecule has 1 aliphatic rings. The summed E-state index contributed by atoms with van der Waals surface area (Å²) in [5.41, 5.74) is 3.81. The van der Waals surface area contributed by atoms with Gasteiger partial charge in [-0.05, 0) is 68.8 Å². The number of rotatable bonds is 5. The van der Waals surface area contributed by atoms with Crippen LogP contribution < -0.4 is 0 Å². The van der Waals surface area contributed by atoms with E-state index in [0.29, 0.717) is 0 Å². The molecular weight excluding hydrogens is 294 g/mol. The molecule has 24 heavy (non-hydrogen) atoms. The SMILES string of the molecule is CC(=O)C(c1ccccc1C)N1CCC(Cc2ccccc2)CC1. The Labute approximate surface area is 145 Å². The van der Waals surface area contributed by atoms with Crippen LogP contribution in [0, 0.1) is 12.8 Å². The number of hydrogen-bond donors (Lipinski definition) is 0. The summed E-state index contributed by atoms with van der Waals surface area (Å²) in [7, 11) is 0. The van der Waals surface area contributed by atoms with Gasteiger partial charge in [-0.3, -0.25) is 9.69 Å². The van der Waals surface area contributed by atoms with Crippen LogP contribution in [0.2, 0.25) is 0 Å². The molecule has 0 amide bonds. The zero-order chi connectivity index (χ0) is 16.9. The second-order valence-corrected chi connectivity index (χ2v) is 7.04. The lowest BCUT2D eigenvalue weighted by Crippen LogP contribution is -2.40. The van der Waals surface area contributed by atoms with Gasteiger partial charge in [0.2, 0.25) is 0 Å². The van der Waals surface area contributed by atoms with E-state index in [9.17, 15) is 4.79 Å². The quantitative estimate of drug-likeness (QED) is 0.803. The predicted octanol–water partition coefficient (Wildman–Crippen LogP) is 4.58. The molecule has 126 valence electrons. The van der Waals surface area contributed by atoms with E-state index in [2.05, 4.69) is 54.3 Å². The van der Waals surface area contributed by atoms with Gasteiger partial charge in [0.1, 0.15) is 0 Å². The predicted molar refractivity (Wildman–Crippen MR) is 99.0 cm³/mol. The van der Waals surface area contributed by atoms with Crippen molar-refractivity contribution in [3.05, 3.63) is 71.3 Å². The van der Waals surface area contributed by atoms with Crippen LogP contribution in [0.3, 0.4) is 0 Å². The fourth-order valence-corrected chi connectivity index (χ4v) is 3.93. The number of aryl methyl sites for hydroxylation is 1. The Morgan fingerprint density at radius 1 is 1.04 bits per heavy atom. The molecule has 2 aromatic rings. The summed E-state index contributed by atoms with van der Waals surface area (Å²) in [6.07, 6.45) is 3.50. The van der Waals surface area contributed by atoms with Crippen molar-refractivity contribution in [3.8, 4) is 0 Å². The van der Waals surface area contributed by atoms with Crippen molar-refractivity contribution < 1.29 is 4.79 Å². The van der Waals surface area contributed by atoms with Crippen LogP contribution in [0.1, 0.15) is 42.5 Å². The summed E-state index contributed by atoms with van der Waals surface area (Å²) in [6.45, 7) is 5.85. The van der Waals surface area contributed by atoms with Crippen molar-refractivity contribution in [1.82, 2.24) is 4.90 Å². The standard InChI is InChI=1S/C22H27NO/c1-17-8-6-7-11-21(17)22(18(2)24)23-14-12-20(13-15-23)16-19-9-4-3-5-10-19/h3-11,20,22H,12-16H2,1-2H3. The van der Waals surface area contributed by atoms with E-state index >= 15 is 0 Å². The molecule has 3 rings (SSSR count). The molecule has 0 aromatic heterocycles. The average Bonchev–Trinajstić information content (AvgIpc) is 2.59. The van der Waals surface area contributed by atoms with Crippen molar-refractivity contribution in [3.63, 3.8) is 0 Å². The number of likely N-dealkylation sites (tertiary alicyclic amines) is 1. The first-order valence-electron chi connectivity index (χ1n) is 8.99. The van der Waals surface area contributed by atoms with E-state index in [1.54, 1.807) is 6.92 Å². The largest absolute Gasteiger partial charge is 0.298 e. The highest BCUT2D eigenvalue weighted by atomic mass is 16.1. The normalized spacial score (nSPS) is 17.6. The van der Waals surface area contributed by atoms with Gasteiger partial charge in [-0.1, -0.05) is 54.6 Å². The second kappa shape index (κ2) is 7.76. The third-order valence-corrected chi connectivity index (χ3v) is 5.25. The topological polar surface area (TPSA) is 20.3 Å². The van der Waals surface area contributed by atoms with Crippen LogP contribution in [-0.4, -0.2) is 23.8 Å². The van der Waals surface area contributed by atoms with Crippen LogP contribution in [-0.2, 0) is 11.2 Å². The van der Waals surface area contributed by atoms with Gasteiger partial charge in [-0.15, -0.1) is 0 Å². The molecule has 2 nitrogen and oxygen atoms in total. The molecule has 1 aliphatic heterocycles. The van der Waals surface area contributed by atoms with Crippen molar-refractivity contribution in [1.29, 1.82) is 0 Å². The molecule has 1 unspecified atom stereocenters. The number of Topliss-reactive ketones (excluding diaryl/α,β-unsaturated/α-hetero) is 1. The third-order valence-electron chi connectivity index (χ3n) is 5.25. The van der Waals surface area contributed by atoms with Gasteiger partial charge in [-0.2, -0.15) is 0 Å².